The lowest BCUT2D eigenvalue weighted by molar-refractivity contribution is -0.112. The van der Waals surface area contributed by atoms with Gasteiger partial charge < -0.3 is 15.2 Å². The second-order valence-corrected chi connectivity index (χ2v) is 4.76. The van der Waals surface area contributed by atoms with Crippen LogP contribution < -0.4 is 16.2 Å². The molecule has 1 aromatic carbocycles. The fourth-order valence-electron chi connectivity index (χ4n) is 1.59. The van der Waals surface area contributed by atoms with Crippen molar-refractivity contribution in [2.75, 3.05) is 5.32 Å². The number of rotatable bonds is 5. The predicted octanol–water partition coefficient (Wildman–Crippen LogP) is 2.71. The molecule has 0 unspecified atom stereocenters. The van der Waals surface area contributed by atoms with Crippen LogP contribution in [0, 0.1) is 0 Å². The van der Waals surface area contributed by atoms with Crippen LogP contribution in [0.3, 0.4) is 0 Å². The second-order valence-electron chi connectivity index (χ2n) is 4.35. The third-order valence-corrected chi connectivity index (χ3v) is 2.93. The molecule has 114 valence electrons. The minimum absolute atomic E-state index is 0.167. The molecule has 0 fully saturated rings. The average molecular weight is 320 g/mol. The van der Waals surface area contributed by atoms with Crippen molar-refractivity contribution >= 4 is 29.1 Å². The molecule has 2 rings (SSSR count). The molecule has 0 aliphatic rings. The predicted molar refractivity (Wildman–Crippen MR) is 83.1 cm³/mol. The Morgan fingerprint density at radius 1 is 1.14 bits per heavy atom. The lowest BCUT2D eigenvalue weighted by atomic mass is 10.3. The van der Waals surface area contributed by atoms with Gasteiger partial charge in [-0.2, -0.15) is 0 Å². The van der Waals surface area contributed by atoms with E-state index in [0.717, 1.165) is 0 Å². The van der Waals surface area contributed by atoms with Crippen LogP contribution in [0.5, 0.6) is 0 Å². The molecule has 2 amide bonds. The van der Waals surface area contributed by atoms with E-state index in [1.54, 1.807) is 37.3 Å². The maximum atomic E-state index is 11.8. The van der Waals surface area contributed by atoms with Gasteiger partial charge in [0.2, 0.25) is 5.91 Å². The van der Waals surface area contributed by atoms with Crippen molar-refractivity contribution in [2.45, 2.75) is 6.92 Å². The standard InChI is InChI=1S/C15H14ClN3O3/c1-10(18-19-15(21)13-7-4-8-22-13)9-14(20)17-12-6-3-2-5-11(12)16/h2-9,18H,1H3,(H,17,20)(H,19,21)/b10-9-. The Morgan fingerprint density at radius 3 is 2.59 bits per heavy atom. The molecule has 22 heavy (non-hydrogen) atoms. The fourth-order valence-corrected chi connectivity index (χ4v) is 1.77. The molecule has 0 bridgehead atoms. The van der Waals surface area contributed by atoms with Crippen LogP contribution >= 0.6 is 11.6 Å². The SMILES string of the molecule is C/C(=C/C(=O)Nc1ccccc1Cl)NNC(=O)c1ccco1. The first-order valence-electron chi connectivity index (χ1n) is 6.40. The van der Waals surface area contributed by atoms with Gasteiger partial charge in [0.25, 0.3) is 0 Å². The third-order valence-electron chi connectivity index (χ3n) is 2.60. The van der Waals surface area contributed by atoms with E-state index in [1.807, 2.05) is 0 Å². The molecule has 0 radical (unpaired) electrons. The molecule has 2 aromatic rings. The van der Waals surface area contributed by atoms with Gasteiger partial charge in [-0.15, -0.1) is 0 Å². The maximum Gasteiger partial charge on any atom is 0.305 e. The highest BCUT2D eigenvalue weighted by atomic mass is 35.5. The highest BCUT2D eigenvalue weighted by Crippen LogP contribution is 2.20. The molecular formula is C15H14ClN3O3. The van der Waals surface area contributed by atoms with Crippen LogP contribution in [0.4, 0.5) is 5.69 Å². The summed E-state index contributed by atoms with van der Waals surface area (Å²) in [4.78, 5) is 23.5. The van der Waals surface area contributed by atoms with Gasteiger partial charge in [-0.05, 0) is 31.2 Å². The first-order chi connectivity index (χ1) is 10.6. The summed E-state index contributed by atoms with van der Waals surface area (Å²) in [6, 6.07) is 10.0. The van der Waals surface area contributed by atoms with Crippen molar-refractivity contribution in [1.82, 2.24) is 10.9 Å². The fraction of sp³-hybridized carbons (Fsp3) is 0.0667. The summed E-state index contributed by atoms with van der Waals surface area (Å²) in [7, 11) is 0. The summed E-state index contributed by atoms with van der Waals surface area (Å²) in [5.41, 5.74) is 5.98. The Bertz CT molecular complexity index is 696. The number of para-hydroxylation sites is 1. The number of nitrogens with one attached hydrogen (secondary N) is 3. The second kappa shape index (κ2) is 7.33. The molecule has 6 nitrogen and oxygen atoms in total. The first kappa shape index (κ1) is 15.7. The molecule has 0 aliphatic heterocycles. The van der Waals surface area contributed by atoms with Crippen molar-refractivity contribution in [2.24, 2.45) is 0 Å². The van der Waals surface area contributed by atoms with Gasteiger partial charge in [0.15, 0.2) is 5.76 Å². The number of carbonyl (C=O) groups is 2. The number of hydrazine groups is 1. The molecule has 0 aliphatic carbocycles. The van der Waals surface area contributed by atoms with Gasteiger partial charge in [0.1, 0.15) is 0 Å². The average Bonchev–Trinajstić information content (AvgIpc) is 3.01. The zero-order valence-corrected chi connectivity index (χ0v) is 12.5. The van der Waals surface area contributed by atoms with Crippen LogP contribution in [-0.2, 0) is 4.79 Å². The Morgan fingerprint density at radius 2 is 1.91 bits per heavy atom. The summed E-state index contributed by atoms with van der Waals surface area (Å²) in [5.74, 6) is -0.643. The number of allylic oxidation sites excluding steroid dienone is 1. The van der Waals surface area contributed by atoms with Crippen LogP contribution in [-0.4, -0.2) is 11.8 Å². The monoisotopic (exact) mass is 319 g/mol. The van der Waals surface area contributed by atoms with Crippen molar-refractivity contribution in [3.05, 3.63) is 65.2 Å². The smallest absolute Gasteiger partial charge is 0.305 e. The summed E-state index contributed by atoms with van der Waals surface area (Å²) >= 11 is 5.95. The molecule has 7 heteroatoms. The molecule has 0 spiro atoms. The number of anilines is 1. The Labute approximate surface area is 132 Å². The lowest BCUT2D eigenvalue weighted by Gasteiger charge is -2.08. The molecule has 0 saturated heterocycles. The number of benzene rings is 1. The largest absolute Gasteiger partial charge is 0.459 e. The van der Waals surface area contributed by atoms with Crippen molar-refractivity contribution in [3.63, 3.8) is 0 Å². The van der Waals surface area contributed by atoms with Crippen LogP contribution in [0.15, 0.2) is 58.9 Å². The van der Waals surface area contributed by atoms with E-state index >= 15 is 0 Å². The summed E-state index contributed by atoms with van der Waals surface area (Å²) in [6.07, 6.45) is 2.69. The van der Waals surface area contributed by atoms with Gasteiger partial charge in [0, 0.05) is 11.8 Å². The van der Waals surface area contributed by atoms with E-state index in [1.165, 1.54) is 18.4 Å². The topological polar surface area (TPSA) is 83.4 Å². The minimum Gasteiger partial charge on any atom is -0.459 e. The highest BCUT2D eigenvalue weighted by Gasteiger charge is 2.08. The van der Waals surface area contributed by atoms with Crippen LogP contribution in [0.2, 0.25) is 5.02 Å². The number of hydrogen-bond donors (Lipinski definition) is 3. The van der Waals surface area contributed by atoms with Crippen molar-refractivity contribution in [3.8, 4) is 0 Å². The van der Waals surface area contributed by atoms with Gasteiger partial charge in [-0.3, -0.25) is 15.0 Å². The quantitative estimate of drug-likeness (QED) is 0.584. The number of furan rings is 1. The van der Waals surface area contributed by atoms with E-state index in [2.05, 4.69) is 16.2 Å². The van der Waals surface area contributed by atoms with E-state index in [4.69, 9.17) is 16.0 Å². The van der Waals surface area contributed by atoms with Gasteiger partial charge in [-0.1, -0.05) is 23.7 Å². The maximum absolute atomic E-state index is 11.8. The van der Waals surface area contributed by atoms with Gasteiger partial charge >= 0.3 is 5.91 Å². The Hall–Kier alpha value is -2.73. The normalized spacial score (nSPS) is 10.9. The van der Waals surface area contributed by atoms with Crippen LogP contribution in [0.1, 0.15) is 17.5 Å². The van der Waals surface area contributed by atoms with E-state index in [9.17, 15) is 9.59 Å². The zero-order valence-electron chi connectivity index (χ0n) is 11.7. The van der Waals surface area contributed by atoms with Crippen molar-refractivity contribution in [1.29, 1.82) is 0 Å². The summed E-state index contributed by atoms with van der Waals surface area (Å²) < 4.78 is 4.94. The molecule has 0 saturated carbocycles. The number of carbonyl (C=O) groups excluding carboxylic acids is 2. The Kier molecular flexibility index (Phi) is 5.21. The van der Waals surface area contributed by atoms with Crippen molar-refractivity contribution < 1.29 is 14.0 Å². The summed E-state index contributed by atoms with van der Waals surface area (Å²) in [5, 5.41) is 3.08. The minimum atomic E-state index is -0.440. The first-order valence-corrected chi connectivity index (χ1v) is 6.78. The Balaban J connectivity index is 1.87. The summed E-state index contributed by atoms with van der Waals surface area (Å²) in [6.45, 7) is 1.63. The lowest BCUT2D eigenvalue weighted by Crippen LogP contribution is -2.36. The van der Waals surface area contributed by atoms with E-state index < -0.39 is 5.91 Å². The third kappa shape index (κ3) is 4.39. The molecule has 3 N–H and O–H groups in total. The molecule has 1 aromatic heterocycles. The molecular weight excluding hydrogens is 306 g/mol. The number of amides is 2. The van der Waals surface area contributed by atoms with Gasteiger partial charge in [-0.25, -0.2) is 0 Å². The van der Waals surface area contributed by atoms with E-state index in [-0.39, 0.29) is 11.7 Å². The number of halogens is 1. The van der Waals surface area contributed by atoms with Crippen LogP contribution in [0.25, 0.3) is 0 Å². The molecule has 0 atom stereocenters. The van der Waals surface area contributed by atoms with Gasteiger partial charge in [0.05, 0.1) is 17.0 Å². The molecule has 1 heterocycles. The number of hydrogen-bond acceptors (Lipinski definition) is 4. The zero-order chi connectivity index (χ0) is 15.9. The highest BCUT2D eigenvalue weighted by molar-refractivity contribution is 6.33. The van der Waals surface area contributed by atoms with E-state index in [0.29, 0.717) is 16.4 Å².